The lowest BCUT2D eigenvalue weighted by molar-refractivity contribution is 0.125. The molecule has 0 saturated heterocycles. The summed E-state index contributed by atoms with van der Waals surface area (Å²) in [5.74, 6) is 0. The Morgan fingerprint density at radius 3 is 2.61 bits per heavy atom. The quantitative estimate of drug-likeness (QED) is 0.866. The molecule has 1 saturated carbocycles. The molecule has 2 rings (SSSR count). The molecule has 0 aromatic heterocycles. The van der Waals surface area contributed by atoms with Gasteiger partial charge in [-0.15, -0.1) is 0 Å². The Balaban J connectivity index is 2.27. The lowest BCUT2D eigenvalue weighted by Gasteiger charge is -2.51. The van der Waals surface area contributed by atoms with E-state index in [-0.39, 0.29) is 11.0 Å². The molecule has 18 heavy (non-hydrogen) atoms. The van der Waals surface area contributed by atoms with Gasteiger partial charge in [0.2, 0.25) is 0 Å². The first-order valence-electron chi connectivity index (χ1n) is 6.73. The molecule has 0 aliphatic heterocycles. The van der Waals surface area contributed by atoms with Crippen molar-refractivity contribution >= 4 is 17.3 Å². The second kappa shape index (κ2) is 5.10. The molecular weight excluding hydrogens is 244 g/mol. The maximum atomic E-state index is 6.10. The molecule has 3 heteroatoms. The van der Waals surface area contributed by atoms with Gasteiger partial charge in [-0.3, -0.25) is 0 Å². The van der Waals surface area contributed by atoms with E-state index in [0.29, 0.717) is 6.54 Å². The van der Waals surface area contributed by atoms with Crippen LogP contribution in [0.1, 0.15) is 39.5 Å². The molecule has 1 aromatic carbocycles. The van der Waals surface area contributed by atoms with Crippen LogP contribution in [-0.4, -0.2) is 12.1 Å². The lowest BCUT2D eigenvalue weighted by Crippen LogP contribution is -2.58. The van der Waals surface area contributed by atoms with Crippen molar-refractivity contribution in [3.8, 4) is 0 Å². The van der Waals surface area contributed by atoms with E-state index < -0.39 is 0 Å². The molecular formula is C15H23ClN2. The van der Waals surface area contributed by atoms with Crippen LogP contribution in [0.3, 0.4) is 0 Å². The SMILES string of the molecule is CC1(C)CCCCC1(CN)Nc1cccc(Cl)c1. The average molecular weight is 267 g/mol. The van der Waals surface area contributed by atoms with Gasteiger partial charge in [0.1, 0.15) is 0 Å². The third kappa shape index (κ3) is 2.50. The second-order valence-electron chi connectivity index (χ2n) is 6.01. The van der Waals surface area contributed by atoms with E-state index in [9.17, 15) is 0 Å². The Morgan fingerprint density at radius 1 is 1.28 bits per heavy atom. The van der Waals surface area contributed by atoms with Crippen molar-refractivity contribution in [3.05, 3.63) is 29.3 Å². The lowest BCUT2D eigenvalue weighted by atomic mass is 9.63. The first-order valence-corrected chi connectivity index (χ1v) is 7.11. The summed E-state index contributed by atoms with van der Waals surface area (Å²) in [5, 5.41) is 4.43. The fourth-order valence-corrected chi connectivity index (χ4v) is 3.27. The molecule has 0 heterocycles. The van der Waals surface area contributed by atoms with Gasteiger partial charge in [-0.05, 0) is 36.5 Å². The minimum Gasteiger partial charge on any atom is -0.378 e. The maximum Gasteiger partial charge on any atom is 0.0546 e. The van der Waals surface area contributed by atoms with E-state index in [2.05, 4.69) is 25.2 Å². The molecule has 0 spiro atoms. The number of nitrogens with one attached hydrogen (secondary N) is 1. The number of hydrogen-bond donors (Lipinski definition) is 2. The van der Waals surface area contributed by atoms with Crippen LogP contribution in [0.5, 0.6) is 0 Å². The highest BCUT2D eigenvalue weighted by Crippen LogP contribution is 2.45. The van der Waals surface area contributed by atoms with Crippen LogP contribution >= 0.6 is 11.6 Å². The standard InChI is InChI=1S/C15H23ClN2/c1-14(2)8-3-4-9-15(14,11-17)18-13-7-5-6-12(16)10-13/h5-7,10,18H,3-4,8-9,11,17H2,1-2H3. The van der Waals surface area contributed by atoms with Crippen LogP contribution in [-0.2, 0) is 0 Å². The number of hydrogen-bond acceptors (Lipinski definition) is 2. The van der Waals surface area contributed by atoms with Crippen molar-refractivity contribution in [1.82, 2.24) is 0 Å². The summed E-state index contributed by atoms with van der Waals surface area (Å²) < 4.78 is 0. The largest absolute Gasteiger partial charge is 0.378 e. The van der Waals surface area contributed by atoms with Gasteiger partial charge in [-0.2, -0.15) is 0 Å². The third-order valence-corrected chi connectivity index (χ3v) is 4.74. The van der Waals surface area contributed by atoms with Gasteiger partial charge in [-0.1, -0.05) is 44.4 Å². The average Bonchev–Trinajstić information content (AvgIpc) is 2.32. The summed E-state index contributed by atoms with van der Waals surface area (Å²) in [6.45, 7) is 5.29. The summed E-state index contributed by atoms with van der Waals surface area (Å²) >= 11 is 6.05. The van der Waals surface area contributed by atoms with Crippen LogP contribution in [0, 0.1) is 5.41 Å². The highest BCUT2D eigenvalue weighted by atomic mass is 35.5. The molecule has 3 N–H and O–H groups in total. The Kier molecular flexibility index (Phi) is 3.88. The molecule has 0 amide bonds. The number of anilines is 1. The van der Waals surface area contributed by atoms with Crippen molar-refractivity contribution in [3.63, 3.8) is 0 Å². The molecule has 1 unspecified atom stereocenters. The first kappa shape index (κ1) is 13.7. The van der Waals surface area contributed by atoms with Gasteiger partial charge in [0, 0.05) is 17.3 Å². The van der Waals surface area contributed by atoms with E-state index in [1.54, 1.807) is 0 Å². The highest BCUT2D eigenvalue weighted by Gasteiger charge is 2.45. The summed E-state index contributed by atoms with van der Waals surface area (Å²) in [5.41, 5.74) is 7.37. The molecule has 1 atom stereocenters. The van der Waals surface area contributed by atoms with Crippen molar-refractivity contribution < 1.29 is 0 Å². The number of halogens is 1. The maximum absolute atomic E-state index is 6.10. The van der Waals surface area contributed by atoms with Crippen LogP contribution in [0.15, 0.2) is 24.3 Å². The zero-order valence-electron chi connectivity index (χ0n) is 11.3. The molecule has 1 aromatic rings. The Morgan fingerprint density at radius 2 is 2.00 bits per heavy atom. The molecule has 0 bridgehead atoms. The summed E-state index contributed by atoms with van der Waals surface area (Å²) in [6, 6.07) is 7.91. The van der Waals surface area contributed by atoms with Crippen LogP contribution in [0.2, 0.25) is 5.02 Å². The highest BCUT2D eigenvalue weighted by molar-refractivity contribution is 6.30. The first-order chi connectivity index (χ1) is 8.49. The predicted octanol–water partition coefficient (Wildman–Crippen LogP) is 4.05. The van der Waals surface area contributed by atoms with Gasteiger partial charge >= 0.3 is 0 Å². The molecule has 1 fully saturated rings. The van der Waals surface area contributed by atoms with E-state index in [1.807, 2.05) is 18.2 Å². The summed E-state index contributed by atoms with van der Waals surface area (Å²) in [7, 11) is 0. The zero-order chi connectivity index (χ0) is 13.2. The Bertz CT molecular complexity index is 417. The number of nitrogens with two attached hydrogens (primary N) is 1. The van der Waals surface area contributed by atoms with Gasteiger partial charge in [-0.25, -0.2) is 0 Å². The van der Waals surface area contributed by atoms with E-state index in [1.165, 1.54) is 19.3 Å². The van der Waals surface area contributed by atoms with Crippen LogP contribution < -0.4 is 11.1 Å². The molecule has 100 valence electrons. The third-order valence-electron chi connectivity index (χ3n) is 4.51. The van der Waals surface area contributed by atoms with Gasteiger partial charge in [0.25, 0.3) is 0 Å². The minimum absolute atomic E-state index is 0.0179. The van der Waals surface area contributed by atoms with E-state index >= 15 is 0 Å². The fraction of sp³-hybridized carbons (Fsp3) is 0.600. The Hall–Kier alpha value is -0.730. The van der Waals surface area contributed by atoms with Crippen LogP contribution in [0.4, 0.5) is 5.69 Å². The molecule has 1 aliphatic carbocycles. The topological polar surface area (TPSA) is 38.0 Å². The van der Waals surface area contributed by atoms with Crippen molar-refractivity contribution in [2.24, 2.45) is 11.1 Å². The minimum atomic E-state index is -0.0179. The smallest absolute Gasteiger partial charge is 0.0546 e. The van der Waals surface area contributed by atoms with Crippen molar-refractivity contribution in [2.75, 3.05) is 11.9 Å². The predicted molar refractivity (Wildman–Crippen MR) is 79.1 cm³/mol. The van der Waals surface area contributed by atoms with E-state index in [4.69, 9.17) is 17.3 Å². The molecule has 1 aliphatic rings. The van der Waals surface area contributed by atoms with Crippen molar-refractivity contribution in [2.45, 2.75) is 45.1 Å². The monoisotopic (exact) mass is 266 g/mol. The fourth-order valence-electron chi connectivity index (χ4n) is 3.07. The van der Waals surface area contributed by atoms with E-state index in [0.717, 1.165) is 17.1 Å². The summed E-state index contributed by atoms with van der Waals surface area (Å²) in [4.78, 5) is 0. The van der Waals surface area contributed by atoms with Gasteiger partial charge < -0.3 is 11.1 Å². The second-order valence-corrected chi connectivity index (χ2v) is 6.45. The number of rotatable bonds is 3. The van der Waals surface area contributed by atoms with Gasteiger partial charge in [0.05, 0.1) is 5.54 Å². The number of benzene rings is 1. The van der Waals surface area contributed by atoms with Crippen LogP contribution in [0.25, 0.3) is 0 Å². The zero-order valence-corrected chi connectivity index (χ0v) is 12.1. The Labute approximate surface area is 115 Å². The van der Waals surface area contributed by atoms with Crippen molar-refractivity contribution in [1.29, 1.82) is 0 Å². The van der Waals surface area contributed by atoms with Gasteiger partial charge in [0.15, 0.2) is 0 Å². The molecule has 2 nitrogen and oxygen atoms in total. The normalized spacial score (nSPS) is 26.9. The molecule has 0 radical (unpaired) electrons. The summed E-state index contributed by atoms with van der Waals surface area (Å²) in [6.07, 6.45) is 4.89.